The van der Waals surface area contributed by atoms with Gasteiger partial charge in [0.15, 0.2) is 0 Å². The minimum absolute atomic E-state index is 0.0365. The molecule has 7 heteroatoms. The van der Waals surface area contributed by atoms with Gasteiger partial charge in [-0.25, -0.2) is 0 Å². The van der Waals surface area contributed by atoms with Gasteiger partial charge in [0, 0.05) is 55.4 Å². The molecule has 2 heterocycles. The van der Waals surface area contributed by atoms with Gasteiger partial charge in [-0.2, -0.15) is 0 Å². The second-order valence-corrected chi connectivity index (χ2v) is 6.60. The molecule has 0 radical (unpaired) electrons. The molecule has 1 aliphatic heterocycles. The van der Waals surface area contributed by atoms with E-state index in [2.05, 4.69) is 9.88 Å². The van der Waals surface area contributed by atoms with Crippen LogP contribution in [0.25, 0.3) is 0 Å². The molecule has 0 aliphatic carbocycles. The van der Waals surface area contributed by atoms with Crippen LogP contribution in [0.2, 0.25) is 0 Å². The number of nitro groups is 1. The predicted molar refractivity (Wildman–Crippen MR) is 99.7 cm³/mol. The number of hydrogen-bond donors (Lipinski definition) is 0. The fourth-order valence-corrected chi connectivity index (χ4v) is 3.67. The molecule has 0 spiro atoms. The van der Waals surface area contributed by atoms with Gasteiger partial charge in [-0.3, -0.25) is 19.9 Å². The van der Waals surface area contributed by atoms with E-state index in [1.165, 1.54) is 0 Å². The molecule has 1 aliphatic rings. The minimum atomic E-state index is -0.401. The monoisotopic (exact) mass is 354 g/mol. The van der Waals surface area contributed by atoms with Crippen molar-refractivity contribution >= 4 is 17.3 Å². The quantitative estimate of drug-likeness (QED) is 0.625. The number of carbonyl (C=O) groups excluding carboxylic acids is 1. The van der Waals surface area contributed by atoms with Gasteiger partial charge >= 0.3 is 0 Å². The zero-order chi connectivity index (χ0) is 18.8. The first-order valence-electron chi connectivity index (χ1n) is 8.59. The van der Waals surface area contributed by atoms with Crippen LogP contribution in [-0.4, -0.2) is 46.9 Å². The summed E-state index contributed by atoms with van der Waals surface area (Å²) in [5.41, 5.74) is 3.41. The molecular formula is C19H22N4O3. The second kappa shape index (κ2) is 7.11. The van der Waals surface area contributed by atoms with Crippen molar-refractivity contribution in [3.05, 3.63) is 63.0 Å². The summed E-state index contributed by atoms with van der Waals surface area (Å²) in [6.07, 6.45) is 3.51. The number of anilines is 1. The molecule has 1 aromatic heterocycles. The first-order chi connectivity index (χ1) is 12.4. The summed E-state index contributed by atoms with van der Waals surface area (Å²) in [6, 6.07) is 5.63. The van der Waals surface area contributed by atoms with E-state index >= 15 is 0 Å². The van der Waals surface area contributed by atoms with Crippen LogP contribution in [0.1, 0.15) is 27.0 Å². The first-order valence-corrected chi connectivity index (χ1v) is 8.59. The van der Waals surface area contributed by atoms with Crippen LogP contribution in [0.5, 0.6) is 0 Å². The standard InChI is InChI=1S/C19H22N4O3/c1-13-12-14(2)18(23(25)26)15(3)17(13)19(24)22-10-8-21(9-11-22)16-4-6-20-7-5-16/h4-7,12H,8-11H2,1-3H3. The first kappa shape index (κ1) is 17.8. The summed E-state index contributed by atoms with van der Waals surface area (Å²) in [4.78, 5) is 32.0. The number of aryl methyl sites for hydroxylation is 2. The maximum atomic E-state index is 13.0. The maximum Gasteiger partial charge on any atom is 0.275 e. The molecule has 0 unspecified atom stereocenters. The fraction of sp³-hybridized carbons (Fsp3) is 0.368. The zero-order valence-electron chi connectivity index (χ0n) is 15.2. The molecule has 0 bridgehead atoms. The molecule has 26 heavy (non-hydrogen) atoms. The van der Waals surface area contributed by atoms with Gasteiger partial charge < -0.3 is 9.80 Å². The van der Waals surface area contributed by atoms with E-state index in [9.17, 15) is 14.9 Å². The average molecular weight is 354 g/mol. The van der Waals surface area contributed by atoms with Gasteiger partial charge in [0.1, 0.15) is 0 Å². The van der Waals surface area contributed by atoms with E-state index in [4.69, 9.17) is 0 Å². The number of pyridine rings is 1. The lowest BCUT2D eigenvalue weighted by atomic mass is 9.96. The molecule has 7 nitrogen and oxygen atoms in total. The summed E-state index contributed by atoms with van der Waals surface area (Å²) >= 11 is 0. The Balaban J connectivity index is 1.81. The number of benzene rings is 1. The lowest BCUT2D eigenvalue weighted by Gasteiger charge is -2.36. The molecule has 0 atom stereocenters. The van der Waals surface area contributed by atoms with Crippen LogP contribution in [0.4, 0.5) is 11.4 Å². The molecular weight excluding hydrogens is 332 g/mol. The fourth-order valence-electron chi connectivity index (χ4n) is 3.67. The van der Waals surface area contributed by atoms with E-state index in [0.717, 1.165) is 24.3 Å². The van der Waals surface area contributed by atoms with Crippen molar-refractivity contribution < 1.29 is 9.72 Å². The molecule has 0 saturated carbocycles. The number of hydrogen-bond acceptors (Lipinski definition) is 5. The summed E-state index contributed by atoms with van der Waals surface area (Å²) in [5, 5.41) is 11.4. The molecule has 1 aromatic carbocycles. The Morgan fingerprint density at radius 3 is 2.27 bits per heavy atom. The normalized spacial score (nSPS) is 14.4. The van der Waals surface area contributed by atoms with Gasteiger partial charge in [0.25, 0.3) is 11.6 Å². The molecule has 1 amide bonds. The molecule has 2 aromatic rings. The zero-order valence-corrected chi connectivity index (χ0v) is 15.2. The van der Waals surface area contributed by atoms with Gasteiger partial charge in [0.05, 0.1) is 10.5 Å². The van der Waals surface area contributed by atoms with Crippen LogP contribution in [-0.2, 0) is 0 Å². The number of amides is 1. The molecule has 136 valence electrons. The Labute approximate surface area is 152 Å². The van der Waals surface area contributed by atoms with Gasteiger partial charge in [-0.05, 0) is 44.5 Å². The van der Waals surface area contributed by atoms with Crippen molar-refractivity contribution in [1.82, 2.24) is 9.88 Å². The third-order valence-electron chi connectivity index (χ3n) is 4.92. The number of aromatic nitrogens is 1. The number of rotatable bonds is 3. The number of nitro benzene ring substituents is 1. The lowest BCUT2D eigenvalue weighted by molar-refractivity contribution is -0.386. The highest BCUT2D eigenvalue weighted by Crippen LogP contribution is 2.30. The Morgan fingerprint density at radius 1 is 1.08 bits per heavy atom. The lowest BCUT2D eigenvalue weighted by Crippen LogP contribution is -2.49. The van der Waals surface area contributed by atoms with E-state index in [-0.39, 0.29) is 11.6 Å². The van der Waals surface area contributed by atoms with E-state index in [1.807, 2.05) is 19.1 Å². The predicted octanol–water partition coefficient (Wildman–Crippen LogP) is 2.88. The average Bonchev–Trinajstić information content (AvgIpc) is 2.61. The van der Waals surface area contributed by atoms with Crippen LogP contribution >= 0.6 is 0 Å². The number of nitrogens with zero attached hydrogens (tertiary/aromatic N) is 4. The maximum absolute atomic E-state index is 13.0. The van der Waals surface area contributed by atoms with Crippen molar-refractivity contribution in [2.75, 3.05) is 31.1 Å². The van der Waals surface area contributed by atoms with E-state index in [0.29, 0.717) is 29.8 Å². The third-order valence-corrected chi connectivity index (χ3v) is 4.92. The number of piperazine rings is 1. The Hall–Kier alpha value is -2.96. The SMILES string of the molecule is Cc1cc(C)c([N+](=O)[O-])c(C)c1C(=O)N1CCN(c2ccncc2)CC1. The van der Waals surface area contributed by atoms with Crippen LogP contribution < -0.4 is 4.90 Å². The molecule has 0 N–H and O–H groups in total. The van der Waals surface area contributed by atoms with E-state index in [1.54, 1.807) is 37.2 Å². The van der Waals surface area contributed by atoms with Gasteiger partial charge in [0.2, 0.25) is 0 Å². The van der Waals surface area contributed by atoms with Crippen molar-refractivity contribution in [1.29, 1.82) is 0 Å². The summed E-state index contributed by atoms with van der Waals surface area (Å²) in [7, 11) is 0. The van der Waals surface area contributed by atoms with Crippen LogP contribution in [0.3, 0.4) is 0 Å². The van der Waals surface area contributed by atoms with E-state index < -0.39 is 4.92 Å². The minimum Gasteiger partial charge on any atom is -0.368 e. The summed E-state index contributed by atoms with van der Waals surface area (Å²) in [6.45, 7) is 7.83. The van der Waals surface area contributed by atoms with Crippen molar-refractivity contribution in [3.63, 3.8) is 0 Å². The highest BCUT2D eigenvalue weighted by molar-refractivity contribution is 5.98. The third kappa shape index (κ3) is 3.24. The second-order valence-electron chi connectivity index (χ2n) is 6.60. The van der Waals surface area contributed by atoms with Gasteiger partial charge in [-0.1, -0.05) is 0 Å². The Morgan fingerprint density at radius 2 is 1.69 bits per heavy atom. The molecule has 1 fully saturated rings. The van der Waals surface area contributed by atoms with Crippen molar-refractivity contribution in [3.8, 4) is 0 Å². The van der Waals surface area contributed by atoms with Crippen molar-refractivity contribution in [2.45, 2.75) is 20.8 Å². The Bertz CT molecular complexity index is 844. The summed E-state index contributed by atoms with van der Waals surface area (Å²) in [5.74, 6) is -0.127. The van der Waals surface area contributed by atoms with Crippen LogP contribution in [0, 0.1) is 30.9 Å². The highest BCUT2D eigenvalue weighted by atomic mass is 16.6. The summed E-state index contributed by atoms with van der Waals surface area (Å²) < 4.78 is 0. The number of carbonyl (C=O) groups is 1. The Kier molecular flexibility index (Phi) is 4.88. The largest absolute Gasteiger partial charge is 0.368 e. The van der Waals surface area contributed by atoms with Crippen molar-refractivity contribution in [2.24, 2.45) is 0 Å². The van der Waals surface area contributed by atoms with Crippen LogP contribution in [0.15, 0.2) is 30.6 Å². The molecule has 3 rings (SSSR count). The topological polar surface area (TPSA) is 79.6 Å². The highest BCUT2D eigenvalue weighted by Gasteiger charge is 2.28. The molecule has 1 saturated heterocycles. The smallest absolute Gasteiger partial charge is 0.275 e. The van der Waals surface area contributed by atoms with Gasteiger partial charge in [-0.15, -0.1) is 0 Å².